The summed E-state index contributed by atoms with van der Waals surface area (Å²) in [5.74, 6) is 0.360. The lowest BCUT2D eigenvalue weighted by Gasteiger charge is -2.16. The average Bonchev–Trinajstić information content (AvgIpc) is 2.75. The zero-order chi connectivity index (χ0) is 22.1. The van der Waals surface area contributed by atoms with Gasteiger partial charge in [-0.15, -0.1) is 0 Å². The predicted octanol–water partition coefficient (Wildman–Crippen LogP) is 5.78. The highest BCUT2D eigenvalue weighted by Crippen LogP contribution is 2.14. The number of nitrogens with two attached hydrogens (primary N) is 2. The Morgan fingerprint density at radius 3 is 2.07 bits per heavy atom. The second kappa shape index (κ2) is 24.4. The summed E-state index contributed by atoms with van der Waals surface area (Å²) in [6, 6.07) is 0. The number of rotatable bonds is 23. The van der Waals surface area contributed by atoms with Gasteiger partial charge in [-0.2, -0.15) is 5.48 Å². The summed E-state index contributed by atoms with van der Waals surface area (Å²) in [5, 5.41) is 0. The number of hydrogen-bond acceptors (Lipinski definition) is 5. The van der Waals surface area contributed by atoms with Crippen molar-refractivity contribution < 1.29 is 9.63 Å². The first-order valence-electron chi connectivity index (χ1n) is 12.7. The van der Waals surface area contributed by atoms with Crippen molar-refractivity contribution in [3.8, 4) is 0 Å². The molecule has 0 rings (SSSR count). The molecule has 1 unspecified atom stereocenters. The van der Waals surface area contributed by atoms with Crippen molar-refractivity contribution >= 4 is 5.97 Å². The molecule has 0 fully saturated rings. The van der Waals surface area contributed by atoms with Crippen LogP contribution >= 0.6 is 0 Å². The van der Waals surface area contributed by atoms with Gasteiger partial charge in [0.25, 0.3) is 0 Å². The molecule has 0 heterocycles. The molecule has 5 nitrogen and oxygen atoms in total. The molecule has 0 aliphatic carbocycles. The highest BCUT2D eigenvalue weighted by atomic mass is 16.7. The highest BCUT2D eigenvalue weighted by Gasteiger charge is 2.10. The first-order valence-corrected chi connectivity index (χ1v) is 12.7. The van der Waals surface area contributed by atoms with Crippen LogP contribution in [0.25, 0.3) is 0 Å². The summed E-state index contributed by atoms with van der Waals surface area (Å²) in [4.78, 5) is 17.1. The van der Waals surface area contributed by atoms with Gasteiger partial charge in [-0.05, 0) is 76.8 Å². The number of unbranched alkanes of at least 4 members (excludes halogenated alkanes) is 10. The first-order chi connectivity index (χ1) is 14.7. The molecule has 0 amide bonds. The van der Waals surface area contributed by atoms with E-state index in [1.807, 2.05) is 0 Å². The Bertz CT molecular complexity index is 389. The fraction of sp³-hybridized carbons (Fsp3) is 0.880. The number of nitrogens with one attached hydrogen (secondary N) is 1. The van der Waals surface area contributed by atoms with Crippen molar-refractivity contribution in [3.05, 3.63) is 12.2 Å². The minimum atomic E-state index is -0.138. The highest BCUT2D eigenvalue weighted by molar-refractivity contribution is 5.68. The van der Waals surface area contributed by atoms with E-state index in [4.69, 9.17) is 16.3 Å². The first kappa shape index (κ1) is 29.1. The van der Waals surface area contributed by atoms with Crippen LogP contribution in [-0.4, -0.2) is 25.6 Å². The van der Waals surface area contributed by atoms with Crippen LogP contribution in [0.3, 0.4) is 0 Å². The third-order valence-corrected chi connectivity index (χ3v) is 5.58. The lowest BCUT2D eigenvalue weighted by atomic mass is 9.97. The topological polar surface area (TPSA) is 90.4 Å². The van der Waals surface area contributed by atoms with Crippen molar-refractivity contribution in [1.29, 1.82) is 0 Å². The van der Waals surface area contributed by atoms with Gasteiger partial charge in [0.2, 0.25) is 0 Å². The summed E-state index contributed by atoms with van der Waals surface area (Å²) in [6.07, 6.45) is 24.1. The Kier molecular flexibility index (Phi) is 23.6. The Labute approximate surface area is 186 Å². The van der Waals surface area contributed by atoms with E-state index in [1.54, 1.807) is 0 Å². The maximum absolute atomic E-state index is 11.9. The van der Waals surface area contributed by atoms with E-state index >= 15 is 0 Å². The van der Waals surface area contributed by atoms with E-state index in [2.05, 4.69) is 24.6 Å². The molecule has 0 aromatic rings. The molecular formula is C25H51N3O2. The molecule has 1 atom stereocenters. The Balaban J connectivity index is 3.53. The molecule has 30 heavy (non-hydrogen) atoms. The average molecular weight is 426 g/mol. The van der Waals surface area contributed by atoms with Gasteiger partial charge in [-0.25, -0.2) is 0 Å². The predicted molar refractivity (Wildman–Crippen MR) is 129 cm³/mol. The molecule has 0 aromatic heterocycles. The van der Waals surface area contributed by atoms with E-state index in [1.165, 1.54) is 57.8 Å². The van der Waals surface area contributed by atoms with E-state index in [0.717, 1.165) is 51.5 Å². The smallest absolute Gasteiger partial charge is 0.324 e. The number of carbonyl (C=O) groups is 1. The molecular weight excluding hydrogens is 374 g/mol. The van der Waals surface area contributed by atoms with Gasteiger partial charge >= 0.3 is 5.97 Å². The van der Waals surface area contributed by atoms with Crippen molar-refractivity contribution in [2.75, 3.05) is 19.6 Å². The van der Waals surface area contributed by atoms with Crippen LogP contribution in [0.15, 0.2) is 12.2 Å². The van der Waals surface area contributed by atoms with Gasteiger partial charge in [-0.1, -0.05) is 64.0 Å². The molecule has 0 bridgehead atoms. The van der Waals surface area contributed by atoms with Crippen molar-refractivity contribution in [1.82, 2.24) is 5.48 Å². The van der Waals surface area contributed by atoms with Crippen LogP contribution in [0.5, 0.6) is 0 Å². The largest absolute Gasteiger partial charge is 0.371 e. The minimum Gasteiger partial charge on any atom is -0.371 e. The molecule has 0 spiro atoms. The minimum absolute atomic E-state index is 0.138. The van der Waals surface area contributed by atoms with Crippen LogP contribution in [0.1, 0.15) is 116 Å². The Morgan fingerprint density at radius 1 is 0.800 bits per heavy atom. The van der Waals surface area contributed by atoms with Gasteiger partial charge in [0.15, 0.2) is 0 Å². The Hall–Kier alpha value is -0.910. The normalized spacial score (nSPS) is 12.5. The summed E-state index contributed by atoms with van der Waals surface area (Å²) in [5.41, 5.74) is 14.1. The molecule has 0 aliphatic heterocycles. The molecule has 5 N–H and O–H groups in total. The van der Waals surface area contributed by atoms with E-state index in [-0.39, 0.29) is 5.97 Å². The van der Waals surface area contributed by atoms with E-state index in [0.29, 0.717) is 25.4 Å². The number of allylic oxidation sites excluding steroid dienone is 2. The molecule has 0 aromatic carbocycles. The lowest BCUT2D eigenvalue weighted by Crippen LogP contribution is -2.26. The quantitative estimate of drug-likeness (QED) is 0.110. The maximum Gasteiger partial charge on any atom is 0.324 e. The standard InChI is InChI=1S/C25H51N3O2/c1-2-3-4-5-6-7-8-9-10-11-12-13-14-20-25(29)30-28-23-24(19-17-22-27)18-15-16-21-26/h7-8,24,28H,2-6,9-23,26-27H2,1H3/b8-7+. The zero-order valence-corrected chi connectivity index (χ0v) is 19.8. The maximum atomic E-state index is 11.9. The van der Waals surface area contributed by atoms with Gasteiger partial charge in [-0.3, -0.25) is 4.79 Å². The van der Waals surface area contributed by atoms with Gasteiger partial charge in [0.05, 0.1) is 0 Å². The monoisotopic (exact) mass is 425 g/mol. The fourth-order valence-corrected chi connectivity index (χ4v) is 3.61. The zero-order valence-electron chi connectivity index (χ0n) is 19.8. The molecule has 0 aliphatic rings. The third kappa shape index (κ3) is 21.8. The van der Waals surface area contributed by atoms with Gasteiger partial charge < -0.3 is 16.3 Å². The fourth-order valence-electron chi connectivity index (χ4n) is 3.61. The van der Waals surface area contributed by atoms with E-state index < -0.39 is 0 Å². The van der Waals surface area contributed by atoms with E-state index in [9.17, 15) is 4.79 Å². The van der Waals surface area contributed by atoms with Gasteiger partial charge in [0.1, 0.15) is 0 Å². The summed E-state index contributed by atoms with van der Waals surface area (Å²) < 4.78 is 0. The molecule has 5 heteroatoms. The van der Waals surface area contributed by atoms with Crippen LogP contribution < -0.4 is 16.9 Å². The summed E-state index contributed by atoms with van der Waals surface area (Å²) >= 11 is 0. The van der Waals surface area contributed by atoms with Crippen LogP contribution in [-0.2, 0) is 9.63 Å². The van der Waals surface area contributed by atoms with Crippen molar-refractivity contribution in [2.45, 2.75) is 116 Å². The SMILES string of the molecule is CCCCCC/C=C/CCCCCCCC(=O)ONCC(CCCN)CCCCN. The van der Waals surface area contributed by atoms with Crippen LogP contribution in [0, 0.1) is 5.92 Å². The summed E-state index contributed by atoms with van der Waals surface area (Å²) in [7, 11) is 0. The molecule has 178 valence electrons. The van der Waals surface area contributed by atoms with Crippen molar-refractivity contribution in [2.24, 2.45) is 17.4 Å². The lowest BCUT2D eigenvalue weighted by molar-refractivity contribution is -0.151. The van der Waals surface area contributed by atoms with Gasteiger partial charge in [0, 0.05) is 13.0 Å². The third-order valence-electron chi connectivity index (χ3n) is 5.58. The Morgan fingerprint density at radius 2 is 1.40 bits per heavy atom. The molecule has 0 saturated heterocycles. The van der Waals surface area contributed by atoms with Crippen LogP contribution in [0.4, 0.5) is 0 Å². The second-order valence-corrected chi connectivity index (χ2v) is 8.53. The molecule has 0 saturated carbocycles. The van der Waals surface area contributed by atoms with Crippen LogP contribution in [0.2, 0.25) is 0 Å². The number of hydrogen-bond donors (Lipinski definition) is 3. The summed E-state index contributed by atoms with van der Waals surface area (Å²) in [6.45, 7) is 4.41. The van der Waals surface area contributed by atoms with Crippen molar-refractivity contribution in [3.63, 3.8) is 0 Å². The number of carbonyl (C=O) groups excluding carboxylic acids is 1. The number of hydroxylamine groups is 1. The molecule has 0 radical (unpaired) electrons. The second-order valence-electron chi connectivity index (χ2n) is 8.53.